The predicted octanol–water partition coefficient (Wildman–Crippen LogP) is 3.34. The molecule has 0 bridgehead atoms. The van der Waals surface area contributed by atoms with Gasteiger partial charge in [-0.05, 0) is 45.7 Å². The van der Waals surface area contributed by atoms with E-state index < -0.39 is 0 Å². The van der Waals surface area contributed by atoms with Crippen molar-refractivity contribution in [3.05, 3.63) is 0 Å². The van der Waals surface area contributed by atoms with Crippen LogP contribution in [0.1, 0.15) is 59.3 Å². The molecule has 0 aromatic carbocycles. The average Bonchev–Trinajstić information content (AvgIpc) is 2.44. The lowest BCUT2D eigenvalue weighted by molar-refractivity contribution is 0.203. The van der Waals surface area contributed by atoms with Crippen LogP contribution in [0.5, 0.6) is 0 Å². The average molecular weight is 256 g/mol. The van der Waals surface area contributed by atoms with Gasteiger partial charge in [0.25, 0.3) is 0 Å². The molecule has 17 heavy (non-hydrogen) atoms. The highest BCUT2D eigenvalue weighted by Gasteiger charge is 2.22. The lowest BCUT2D eigenvalue weighted by atomic mass is 9.88. The van der Waals surface area contributed by atoms with Gasteiger partial charge in [0.1, 0.15) is 0 Å². The summed E-state index contributed by atoms with van der Waals surface area (Å²) in [6.45, 7) is 9.15. The summed E-state index contributed by atoms with van der Waals surface area (Å²) in [5.74, 6) is 0. The number of nitrogens with zero attached hydrogens (tertiary/aromatic N) is 1. The first-order valence-corrected chi connectivity index (χ1v) is 7.38. The smallest absolute Gasteiger partial charge is 0.0784 e. The molecule has 1 aliphatic rings. The summed E-state index contributed by atoms with van der Waals surface area (Å²) < 4.78 is 0. The SMILES string of the molecule is CC1CCCCCN1CCCC(C)(C)C(N)=S. The summed E-state index contributed by atoms with van der Waals surface area (Å²) in [7, 11) is 0. The Labute approximate surface area is 112 Å². The van der Waals surface area contributed by atoms with E-state index in [2.05, 4.69) is 25.7 Å². The monoisotopic (exact) mass is 256 g/mol. The van der Waals surface area contributed by atoms with Crippen molar-refractivity contribution in [3.8, 4) is 0 Å². The Bertz CT molecular complexity index is 251. The van der Waals surface area contributed by atoms with E-state index >= 15 is 0 Å². The summed E-state index contributed by atoms with van der Waals surface area (Å²) in [6, 6.07) is 0.755. The lowest BCUT2D eigenvalue weighted by Crippen LogP contribution is -2.35. The van der Waals surface area contributed by atoms with E-state index in [0.29, 0.717) is 4.99 Å². The fourth-order valence-electron chi connectivity index (χ4n) is 2.51. The first kappa shape index (κ1) is 14.9. The number of nitrogens with two attached hydrogens (primary N) is 1. The molecule has 3 heteroatoms. The van der Waals surface area contributed by atoms with E-state index in [9.17, 15) is 0 Å². The van der Waals surface area contributed by atoms with Gasteiger partial charge in [-0.3, -0.25) is 0 Å². The zero-order valence-corrected chi connectivity index (χ0v) is 12.5. The van der Waals surface area contributed by atoms with Crippen LogP contribution in [0, 0.1) is 5.41 Å². The fourth-order valence-corrected chi connectivity index (χ4v) is 2.62. The van der Waals surface area contributed by atoms with Gasteiger partial charge in [-0.2, -0.15) is 0 Å². The molecule has 1 atom stereocenters. The maximum absolute atomic E-state index is 5.76. The standard InChI is InChI=1S/C14H28N2S/c1-12-8-5-4-6-10-16(12)11-7-9-14(2,3)13(15)17/h12H,4-11H2,1-3H3,(H2,15,17). The van der Waals surface area contributed by atoms with Gasteiger partial charge < -0.3 is 10.6 Å². The van der Waals surface area contributed by atoms with E-state index in [1.54, 1.807) is 0 Å². The van der Waals surface area contributed by atoms with E-state index in [0.717, 1.165) is 12.5 Å². The first-order valence-electron chi connectivity index (χ1n) is 6.97. The molecule has 1 fully saturated rings. The first-order chi connectivity index (χ1) is 7.93. The van der Waals surface area contributed by atoms with Crippen LogP contribution in [0.15, 0.2) is 0 Å². The van der Waals surface area contributed by atoms with Crippen LogP contribution < -0.4 is 5.73 Å². The van der Waals surface area contributed by atoms with Crippen LogP contribution in [-0.2, 0) is 0 Å². The summed E-state index contributed by atoms with van der Waals surface area (Å²) in [6.07, 6.45) is 7.83. The van der Waals surface area contributed by atoms with Crippen LogP contribution in [0.25, 0.3) is 0 Å². The molecule has 0 aromatic rings. The Morgan fingerprint density at radius 2 is 2.06 bits per heavy atom. The van der Waals surface area contributed by atoms with Crippen LogP contribution in [0.4, 0.5) is 0 Å². The van der Waals surface area contributed by atoms with E-state index in [1.165, 1.54) is 45.2 Å². The molecule has 2 nitrogen and oxygen atoms in total. The van der Waals surface area contributed by atoms with Crippen LogP contribution >= 0.6 is 12.2 Å². The number of likely N-dealkylation sites (tertiary alicyclic amines) is 1. The fraction of sp³-hybridized carbons (Fsp3) is 0.929. The van der Waals surface area contributed by atoms with Gasteiger partial charge in [0.05, 0.1) is 4.99 Å². The molecule has 0 radical (unpaired) electrons. The van der Waals surface area contributed by atoms with Gasteiger partial charge in [-0.1, -0.05) is 38.9 Å². The normalized spacial score (nSPS) is 23.4. The van der Waals surface area contributed by atoms with Gasteiger partial charge in [0.2, 0.25) is 0 Å². The van der Waals surface area contributed by atoms with Gasteiger partial charge in [0, 0.05) is 11.5 Å². The summed E-state index contributed by atoms with van der Waals surface area (Å²) in [5.41, 5.74) is 5.78. The molecule has 1 unspecified atom stereocenters. The number of hydrogen-bond acceptors (Lipinski definition) is 2. The Morgan fingerprint density at radius 3 is 2.71 bits per heavy atom. The Morgan fingerprint density at radius 1 is 1.35 bits per heavy atom. The molecule has 1 rings (SSSR count). The van der Waals surface area contributed by atoms with Gasteiger partial charge in [0.15, 0.2) is 0 Å². The third-order valence-electron chi connectivity index (χ3n) is 4.10. The maximum Gasteiger partial charge on any atom is 0.0784 e. The van der Waals surface area contributed by atoms with Crippen LogP contribution in [-0.4, -0.2) is 29.0 Å². The number of rotatable bonds is 5. The van der Waals surface area contributed by atoms with Crippen molar-refractivity contribution in [2.24, 2.45) is 11.1 Å². The highest BCUT2D eigenvalue weighted by atomic mass is 32.1. The van der Waals surface area contributed by atoms with E-state index in [1.807, 2.05) is 0 Å². The summed E-state index contributed by atoms with van der Waals surface area (Å²) in [5, 5.41) is 0. The molecular formula is C14H28N2S. The number of thiocarbonyl (C=S) groups is 1. The van der Waals surface area contributed by atoms with E-state index in [4.69, 9.17) is 18.0 Å². The predicted molar refractivity (Wildman–Crippen MR) is 79.3 cm³/mol. The molecule has 1 heterocycles. The summed E-state index contributed by atoms with van der Waals surface area (Å²) in [4.78, 5) is 3.30. The third kappa shape index (κ3) is 4.92. The molecule has 1 saturated heterocycles. The van der Waals surface area contributed by atoms with Crippen molar-refractivity contribution >= 4 is 17.2 Å². The highest BCUT2D eigenvalue weighted by molar-refractivity contribution is 7.80. The van der Waals surface area contributed by atoms with Crippen molar-refractivity contribution in [3.63, 3.8) is 0 Å². The van der Waals surface area contributed by atoms with Crippen molar-refractivity contribution in [1.82, 2.24) is 4.90 Å². The minimum Gasteiger partial charge on any atom is -0.393 e. The quantitative estimate of drug-likeness (QED) is 0.765. The molecular weight excluding hydrogens is 228 g/mol. The summed E-state index contributed by atoms with van der Waals surface area (Å²) >= 11 is 5.11. The molecule has 0 aromatic heterocycles. The van der Waals surface area contributed by atoms with Crippen molar-refractivity contribution in [2.45, 2.75) is 65.3 Å². The Hall–Kier alpha value is -0.150. The Balaban J connectivity index is 2.32. The van der Waals surface area contributed by atoms with Gasteiger partial charge in [-0.15, -0.1) is 0 Å². The third-order valence-corrected chi connectivity index (χ3v) is 4.66. The lowest BCUT2D eigenvalue weighted by Gasteiger charge is -2.29. The van der Waals surface area contributed by atoms with Crippen LogP contribution in [0.3, 0.4) is 0 Å². The van der Waals surface area contributed by atoms with Crippen molar-refractivity contribution in [1.29, 1.82) is 0 Å². The van der Waals surface area contributed by atoms with Crippen LogP contribution in [0.2, 0.25) is 0 Å². The molecule has 0 aliphatic carbocycles. The largest absolute Gasteiger partial charge is 0.393 e. The maximum atomic E-state index is 5.76. The second-order valence-corrected chi connectivity index (χ2v) is 6.53. The van der Waals surface area contributed by atoms with Crippen molar-refractivity contribution in [2.75, 3.05) is 13.1 Å². The second-order valence-electron chi connectivity index (χ2n) is 6.09. The van der Waals surface area contributed by atoms with E-state index in [-0.39, 0.29) is 5.41 Å². The van der Waals surface area contributed by atoms with Crippen molar-refractivity contribution < 1.29 is 0 Å². The molecule has 0 saturated carbocycles. The molecule has 0 amide bonds. The van der Waals surface area contributed by atoms with Gasteiger partial charge in [-0.25, -0.2) is 0 Å². The minimum atomic E-state index is 0.0183. The second kappa shape index (κ2) is 6.69. The minimum absolute atomic E-state index is 0.0183. The zero-order valence-electron chi connectivity index (χ0n) is 11.7. The molecule has 100 valence electrons. The molecule has 0 spiro atoms. The van der Waals surface area contributed by atoms with Gasteiger partial charge >= 0.3 is 0 Å². The highest BCUT2D eigenvalue weighted by Crippen LogP contribution is 2.24. The Kier molecular flexibility index (Phi) is 5.87. The molecule has 2 N–H and O–H groups in total. The zero-order chi connectivity index (χ0) is 12.9. The molecule has 1 aliphatic heterocycles. The number of hydrogen-bond donors (Lipinski definition) is 1. The topological polar surface area (TPSA) is 29.3 Å².